The zero-order chi connectivity index (χ0) is 11.8. The molecule has 0 N–H and O–H groups in total. The Balaban J connectivity index is 2.47. The van der Waals surface area contributed by atoms with Crippen LogP contribution in [0, 0.1) is 0 Å². The van der Waals surface area contributed by atoms with Crippen molar-refractivity contribution in [3.05, 3.63) is 23.9 Å². The Labute approximate surface area is 96.0 Å². The summed E-state index contributed by atoms with van der Waals surface area (Å²) in [5.41, 5.74) is 0. The lowest BCUT2D eigenvalue weighted by molar-refractivity contribution is 0.602. The van der Waals surface area contributed by atoms with Crippen LogP contribution in [0.2, 0.25) is 5.28 Å². The summed E-state index contributed by atoms with van der Waals surface area (Å²) in [6.07, 6.45) is 4.98. The maximum absolute atomic E-state index is 11.2. The van der Waals surface area contributed by atoms with Crippen LogP contribution in [0.1, 0.15) is 0 Å². The molecule has 0 atom stereocenters. The van der Waals surface area contributed by atoms with E-state index in [1.807, 2.05) is 0 Å². The van der Waals surface area contributed by atoms with E-state index in [-0.39, 0.29) is 10.2 Å². The van der Waals surface area contributed by atoms with Gasteiger partial charge in [-0.15, -0.1) is 5.10 Å². The van der Waals surface area contributed by atoms with Crippen LogP contribution in [0.15, 0.2) is 23.5 Å². The third-order valence-corrected chi connectivity index (χ3v) is 2.97. The second-order valence-electron chi connectivity index (χ2n) is 2.98. The van der Waals surface area contributed by atoms with Gasteiger partial charge in [0.2, 0.25) is 5.28 Å². The number of sulfone groups is 1. The van der Waals surface area contributed by atoms with Crippen LogP contribution in [0.25, 0.3) is 5.82 Å². The van der Waals surface area contributed by atoms with Gasteiger partial charge in [0.05, 0.1) is 18.6 Å². The molecular formula is C7H6ClN5O2S. The summed E-state index contributed by atoms with van der Waals surface area (Å²) in [5, 5.41) is 10.9. The summed E-state index contributed by atoms with van der Waals surface area (Å²) in [6.45, 7) is 0. The van der Waals surface area contributed by atoms with Crippen molar-refractivity contribution in [3.8, 4) is 5.82 Å². The van der Waals surface area contributed by atoms with Gasteiger partial charge in [-0.1, -0.05) is 0 Å². The van der Waals surface area contributed by atoms with Crippen molar-refractivity contribution in [2.75, 3.05) is 6.26 Å². The molecule has 2 aromatic rings. The monoisotopic (exact) mass is 259 g/mol. The Bertz CT molecular complexity index is 623. The number of nitrogens with zero attached hydrogens (tertiary/aromatic N) is 5. The van der Waals surface area contributed by atoms with Crippen molar-refractivity contribution < 1.29 is 8.42 Å². The molecule has 0 aliphatic rings. The van der Waals surface area contributed by atoms with Crippen LogP contribution < -0.4 is 0 Å². The van der Waals surface area contributed by atoms with E-state index in [1.54, 1.807) is 0 Å². The highest BCUT2D eigenvalue weighted by Gasteiger charge is 2.11. The molecule has 0 radical (unpaired) electrons. The van der Waals surface area contributed by atoms with E-state index in [2.05, 4.69) is 20.3 Å². The van der Waals surface area contributed by atoms with Gasteiger partial charge >= 0.3 is 0 Å². The van der Waals surface area contributed by atoms with Crippen LogP contribution in [-0.4, -0.2) is 39.6 Å². The van der Waals surface area contributed by atoms with Gasteiger partial charge in [-0.05, 0) is 11.6 Å². The van der Waals surface area contributed by atoms with Gasteiger partial charge in [-0.2, -0.15) is 15.2 Å². The molecule has 84 valence electrons. The fraction of sp³-hybridized carbons (Fsp3) is 0.143. The molecular weight excluding hydrogens is 254 g/mol. The van der Waals surface area contributed by atoms with E-state index in [0.29, 0.717) is 5.82 Å². The standard InChI is InChI=1S/C7H6ClN5O2S/c1-16(14,15)5-2-10-13(4-5)6-3-9-12-7(8)11-6/h2-4H,1H3. The molecule has 9 heteroatoms. The van der Waals surface area contributed by atoms with Crippen LogP contribution in [0.3, 0.4) is 0 Å². The van der Waals surface area contributed by atoms with Crippen LogP contribution in [-0.2, 0) is 9.84 Å². The number of aromatic nitrogens is 5. The molecule has 16 heavy (non-hydrogen) atoms. The lowest BCUT2D eigenvalue weighted by Crippen LogP contribution is -2.01. The van der Waals surface area contributed by atoms with Crippen molar-refractivity contribution in [1.82, 2.24) is 25.0 Å². The van der Waals surface area contributed by atoms with E-state index in [9.17, 15) is 8.42 Å². The lowest BCUT2D eigenvalue weighted by Gasteiger charge is -1.97. The topological polar surface area (TPSA) is 90.6 Å². The van der Waals surface area contributed by atoms with Gasteiger partial charge in [-0.3, -0.25) is 0 Å². The van der Waals surface area contributed by atoms with Crippen LogP contribution in [0.4, 0.5) is 0 Å². The molecule has 0 aliphatic heterocycles. The molecule has 0 saturated carbocycles. The average molecular weight is 260 g/mol. The summed E-state index contributed by atoms with van der Waals surface area (Å²) in [4.78, 5) is 3.94. The molecule has 0 saturated heterocycles. The Kier molecular flexibility index (Phi) is 2.60. The second kappa shape index (κ2) is 3.80. The van der Waals surface area contributed by atoms with Gasteiger partial charge in [0.25, 0.3) is 0 Å². The molecule has 2 heterocycles. The van der Waals surface area contributed by atoms with Gasteiger partial charge in [0.15, 0.2) is 15.7 Å². The van der Waals surface area contributed by atoms with E-state index in [1.165, 1.54) is 23.3 Å². The third kappa shape index (κ3) is 2.17. The zero-order valence-electron chi connectivity index (χ0n) is 8.07. The maximum atomic E-state index is 11.2. The third-order valence-electron chi connectivity index (χ3n) is 1.74. The summed E-state index contributed by atoms with van der Waals surface area (Å²) in [6, 6.07) is 0. The van der Waals surface area contributed by atoms with Crippen LogP contribution >= 0.6 is 11.6 Å². The summed E-state index contributed by atoms with van der Waals surface area (Å²) in [7, 11) is -3.28. The fourth-order valence-electron chi connectivity index (χ4n) is 1.01. The molecule has 0 bridgehead atoms. The predicted octanol–water partition coefficient (Wildman–Crippen LogP) is 0.114. The van der Waals surface area contributed by atoms with Gasteiger partial charge < -0.3 is 0 Å². The van der Waals surface area contributed by atoms with Crippen molar-refractivity contribution in [3.63, 3.8) is 0 Å². The number of halogens is 1. The number of hydrogen-bond acceptors (Lipinski definition) is 6. The first-order valence-corrected chi connectivity index (χ1v) is 6.34. The highest BCUT2D eigenvalue weighted by Crippen LogP contribution is 2.10. The molecule has 2 rings (SSSR count). The summed E-state index contributed by atoms with van der Waals surface area (Å²) in [5.74, 6) is 0.301. The van der Waals surface area contributed by atoms with Crippen molar-refractivity contribution in [2.24, 2.45) is 0 Å². The van der Waals surface area contributed by atoms with Crippen molar-refractivity contribution >= 4 is 21.4 Å². The summed E-state index contributed by atoms with van der Waals surface area (Å²) >= 11 is 5.55. The van der Waals surface area contributed by atoms with Crippen molar-refractivity contribution in [1.29, 1.82) is 0 Å². The van der Waals surface area contributed by atoms with E-state index in [4.69, 9.17) is 11.6 Å². The number of hydrogen-bond donors (Lipinski definition) is 0. The Morgan fingerprint density at radius 3 is 2.69 bits per heavy atom. The predicted molar refractivity (Wildman–Crippen MR) is 55.1 cm³/mol. The largest absolute Gasteiger partial charge is 0.244 e. The fourth-order valence-corrected chi connectivity index (χ4v) is 1.67. The highest BCUT2D eigenvalue weighted by atomic mass is 35.5. The first-order valence-electron chi connectivity index (χ1n) is 4.07. The molecule has 0 spiro atoms. The van der Waals surface area contributed by atoms with Crippen molar-refractivity contribution in [2.45, 2.75) is 4.90 Å². The molecule has 0 amide bonds. The minimum Gasteiger partial charge on any atom is -0.224 e. The molecule has 0 unspecified atom stereocenters. The Hall–Kier alpha value is -1.54. The van der Waals surface area contributed by atoms with E-state index < -0.39 is 9.84 Å². The first kappa shape index (κ1) is 11.0. The Morgan fingerprint density at radius 1 is 1.38 bits per heavy atom. The Morgan fingerprint density at radius 2 is 2.12 bits per heavy atom. The van der Waals surface area contributed by atoms with Gasteiger partial charge in [-0.25, -0.2) is 13.1 Å². The minimum atomic E-state index is -3.28. The molecule has 7 nitrogen and oxygen atoms in total. The minimum absolute atomic E-state index is 0.0334. The molecule has 0 fully saturated rings. The van der Waals surface area contributed by atoms with E-state index in [0.717, 1.165) is 6.26 Å². The van der Waals surface area contributed by atoms with Crippen LogP contribution in [0.5, 0.6) is 0 Å². The molecule has 0 aromatic carbocycles. The smallest absolute Gasteiger partial charge is 0.224 e. The molecule has 2 aromatic heterocycles. The van der Waals surface area contributed by atoms with Gasteiger partial charge in [0, 0.05) is 6.26 Å². The second-order valence-corrected chi connectivity index (χ2v) is 5.33. The SMILES string of the molecule is CS(=O)(=O)c1cnn(-c2cnnc(Cl)n2)c1. The number of rotatable bonds is 2. The summed E-state index contributed by atoms with van der Waals surface area (Å²) < 4.78 is 23.7. The quantitative estimate of drug-likeness (QED) is 0.760. The zero-order valence-corrected chi connectivity index (χ0v) is 9.64. The average Bonchev–Trinajstić information content (AvgIpc) is 2.65. The first-order chi connectivity index (χ1) is 7.47. The normalized spacial score (nSPS) is 11.6. The van der Waals surface area contributed by atoms with Gasteiger partial charge in [0.1, 0.15) is 4.90 Å². The highest BCUT2D eigenvalue weighted by molar-refractivity contribution is 7.90. The van der Waals surface area contributed by atoms with E-state index >= 15 is 0 Å². The maximum Gasteiger partial charge on any atom is 0.244 e. The lowest BCUT2D eigenvalue weighted by atomic mass is 10.7. The molecule has 0 aliphatic carbocycles.